The van der Waals surface area contributed by atoms with Gasteiger partial charge in [-0.3, -0.25) is 9.59 Å². The van der Waals surface area contributed by atoms with Crippen molar-refractivity contribution < 1.29 is 14.3 Å². The number of ether oxygens (including phenoxy) is 1. The first-order valence-corrected chi connectivity index (χ1v) is 8.85. The molecule has 0 aliphatic rings. The second-order valence-electron chi connectivity index (χ2n) is 6.27. The van der Waals surface area contributed by atoms with Crippen molar-refractivity contribution in [2.45, 2.75) is 40.2 Å². The predicted octanol–water partition coefficient (Wildman–Crippen LogP) is 3.85. The second-order valence-corrected chi connectivity index (χ2v) is 6.27. The first-order valence-electron chi connectivity index (χ1n) is 8.85. The number of hydrogen-bond donors (Lipinski definition) is 2. The molecule has 5 heteroatoms. The highest BCUT2D eigenvalue weighted by Gasteiger charge is 2.19. The van der Waals surface area contributed by atoms with Gasteiger partial charge in [0.25, 0.3) is 11.8 Å². The summed E-state index contributed by atoms with van der Waals surface area (Å²) < 4.78 is 5.86. The van der Waals surface area contributed by atoms with Crippen LogP contribution in [0.5, 0.6) is 5.75 Å². The van der Waals surface area contributed by atoms with Gasteiger partial charge in [0, 0.05) is 6.54 Å². The van der Waals surface area contributed by atoms with Gasteiger partial charge in [-0.1, -0.05) is 37.3 Å². The molecule has 0 radical (unpaired) electrons. The lowest BCUT2D eigenvalue weighted by atomic mass is 10.1. The summed E-state index contributed by atoms with van der Waals surface area (Å²) in [5.74, 6) is 0.207. The Morgan fingerprint density at radius 2 is 1.69 bits per heavy atom. The minimum Gasteiger partial charge on any atom is -0.480 e. The Bertz CT molecular complexity index is 766. The number of hydrogen-bond acceptors (Lipinski definition) is 3. The van der Waals surface area contributed by atoms with Crippen molar-refractivity contribution in [1.82, 2.24) is 5.32 Å². The molecular formula is C21H26N2O3. The standard InChI is InChI=1S/C21H26N2O3/c1-5-13-22-21(25)17-11-6-7-12-18(17)23-20(24)16(4)26-19-14(2)9-8-10-15(19)3/h6-12,16H,5,13H2,1-4H3,(H,22,25)(H,23,24). The molecule has 0 aliphatic heterocycles. The van der Waals surface area contributed by atoms with E-state index in [2.05, 4.69) is 10.6 Å². The minimum absolute atomic E-state index is 0.203. The number of carbonyl (C=O) groups excluding carboxylic acids is 2. The van der Waals surface area contributed by atoms with Crippen LogP contribution < -0.4 is 15.4 Å². The maximum atomic E-state index is 12.6. The van der Waals surface area contributed by atoms with Crippen molar-refractivity contribution in [1.29, 1.82) is 0 Å². The summed E-state index contributed by atoms with van der Waals surface area (Å²) in [7, 11) is 0. The van der Waals surface area contributed by atoms with Gasteiger partial charge < -0.3 is 15.4 Å². The summed E-state index contributed by atoms with van der Waals surface area (Å²) in [5, 5.41) is 5.63. The molecule has 0 spiro atoms. The molecule has 1 unspecified atom stereocenters. The van der Waals surface area contributed by atoms with Gasteiger partial charge in [0.1, 0.15) is 5.75 Å². The van der Waals surface area contributed by atoms with Gasteiger partial charge >= 0.3 is 0 Å². The molecule has 5 nitrogen and oxygen atoms in total. The van der Waals surface area contributed by atoms with Gasteiger partial charge in [0.05, 0.1) is 11.3 Å². The second kappa shape index (κ2) is 9.04. The summed E-state index contributed by atoms with van der Waals surface area (Å²) >= 11 is 0. The van der Waals surface area contributed by atoms with Gasteiger partial charge in [0.2, 0.25) is 0 Å². The number of amides is 2. The van der Waals surface area contributed by atoms with Crippen molar-refractivity contribution in [3.8, 4) is 5.75 Å². The Kier molecular flexibility index (Phi) is 6.78. The number of carbonyl (C=O) groups is 2. The van der Waals surface area contributed by atoms with Crippen LogP contribution in [0.15, 0.2) is 42.5 Å². The zero-order chi connectivity index (χ0) is 19.1. The summed E-state index contributed by atoms with van der Waals surface area (Å²) in [5.41, 5.74) is 2.87. The number of rotatable bonds is 7. The molecule has 0 aliphatic carbocycles. The monoisotopic (exact) mass is 354 g/mol. The van der Waals surface area contributed by atoms with E-state index in [4.69, 9.17) is 4.74 Å². The first-order chi connectivity index (χ1) is 12.4. The molecule has 0 heterocycles. The van der Waals surface area contributed by atoms with E-state index in [1.165, 1.54) is 0 Å². The van der Waals surface area contributed by atoms with Crippen LogP contribution in [0.3, 0.4) is 0 Å². The summed E-state index contributed by atoms with van der Waals surface area (Å²) in [6, 6.07) is 12.8. The number of nitrogens with one attached hydrogen (secondary N) is 2. The number of para-hydroxylation sites is 2. The van der Waals surface area contributed by atoms with E-state index in [1.54, 1.807) is 31.2 Å². The lowest BCUT2D eigenvalue weighted by Gasteiger charge is -2.19. The van der Waals surface area contributed by atoms with Crippen LogP contribution in [-0.4, -0.2) is 24.5 Å². The van der Waals surface area contributed by atoms with Crippen molar-refractivity contribution in [3.05, 3.63) is 59.2 Å². The minimum atomic E-state index is -0.693. The van der Waals surface area contributed by atoms with Gasteiger partial charge in [-0.2, -0.15) is 0 Å². The first kappa shape index (κ1) is 19.5. The van der Waals surface area contributed by atoms with E-state index in [0.717, 1.165) is 17.5 Å². The van der Waals surface area contributed by atoms with Gasteiger partial charge in [0.15, 0.2) is 6.10 Å². The summed E-state index contributed by atoms with van der Waals surface area (Å²) in [6.07, 6.45) is 0.155. The van der Waals surface area contributed by atoms with Gasteiger partial charge in [-0.15, -0.1) is 0 Å². The number of aryl methyl sites for hydroxylation is 2. The van der Waals surface area contributed by atoms with Crippen LogP contribution in [0, 0.1) is 13.8 Å². The van der Waals surface area contributed by atoms with Crippen LogP contribution >= 0.6 is 0 Å². The van der Waals surface area contributed by atoms with E-state index < -0.39 is 6.10 Å². The summed E-state index contributed by atoms with van der Waals surface area (Å²) in [6.45, 7) is 8.16. The third-order valence-corrected chi connectivity index (χ3v) is 4.04. The molecule has 1 atom stereocenters. The highest BCUT2D eigenvalue weighted by molar-refractivity contribution is 6.04. The van der Waals surface area contributed by atoms with E-state index in [0.29, 0.717) is 23.5 Å². The lowest BCUT2D eigenvalue weighted by Crippen LogP contribution is -2.32. The highest BCUT2D eigenvalue weighted by Crippen LogP contribution is 2.24. The van der Waals surface area contributed by atoms with Crippen molar-refractivity contribution in [2.24, 2.45) is 0 Å². The van der Waals surface area contributed by atoms with Gasteiger partial charge in [-0.05, 0) is 50.5 Å². The number of anilines is 1. The molecule has 0 saturated heterocycles. The van der Waals surface area contributed by atoms with Crippen LogP contribution in [0.4, 0.5) is 5.69 Å². The zero-order valence-corrected chi connectivity index (χ0v) is 15.8. The molecule has 26 heavy (non-hydrogen) atoms. The van der Waals surface area contributed by atoms with E-state index in [1.807, 2.05) is 39.0 Å². The predicted molar refractivity (Wildman–Crippen MR) is 104 cm³/mol. The molecule has 0 aromatic heterocycles. The van der Waals surface area contributed by atoms with Crippen molar-refractivity contribution in [3.63, 3.8) is 0 Å². The lowest BCUT2D eigenvalue weighted by molar-refractivity contribution is -0.122. The molecule has 0 fully saturated rings. The molecule has 138 valence electrons. The molecule has 0 saturated carbocycles. The smallest absolute Gasteiger partial charge is 0.265 e. The highest BCUT2D eigenvalue weighted by atomic mass is 16.5. The average Bonchev–Trinajstić information content (AvgIpc) is 2.63. The largest absolute Gasteiger partial charge is 0.480 e. The van der Waals surface area contributed by atoms with E-state index >= 15 is 0 Å². The van der Waals surface area contributed by atoms with Gasteiger partial charge in [-0.25, -0.2) is 0 Å². The van der Waals surface area contributed by atoms with E-state index in [9.17, 15) is 9.59 Å². The maximum absolute atomic E-state index is 12.6. The van der Waals surface area contributed by atoms with E-state index in [-0.39, 0.29) is 11.8 Å². The topological polar surface area (TPSA) is 67.4 Å². The van der Waals surface area contributed by atoms with Crippen LogP contribution in [-0.2, 0) is 4.79 Å². The zero-order valence-electron chi connectivity index (χ0n) is 15.8. The molecule has 2 amide bonds. The Balaban J connectivity index is 2.11. The average molecular weight is 354 g/mol. The quantitative estimate of drug-likeness (QED) is 0.794. The molecule has 0 bridgehead atoms. The fourth-order valence-electron chi connectivity index (χ4n) is 2.57. The Morgan fingerprint density at radius 3 is 2.35 bits per heavy atom. The Labute approximate surface area is 154 Å². The SMILES string of the molecule is CCCNC(=O)c1ccccc1NC(=O)C(C)Oc1c(C)cccc1C. The fraction of sp³-hybridized carbons (Fsp3) is 0.333. The maximum Gasteiger partial charge on any atom is 0.265 e. The van der Waals surface area contributed by atoms with Crippen molar-refractivity contribution in [2.75, 3.05) is 11.9 Å². The summed E-state index contributed by atoms with van der Waals surface area (Å²) in [4.78, 5) is 24.8. The third kappa shape index (κ3) is 4.85. The van der Waals surface area contributed by atoms with Crippen LogP contribution in [0.1, 0.15) is 41.8 Å². The normalized spacial score (nSPS) is 11.5. The fourth-order valence-corrected chi connectivity index (χ4v) is 2.57. The molecule has 2 aromatic rings. The van der Waals surface area contributed by atoms with Crippen molar-refractivity contribution >= 4 is 17.5 Å². The third-order valence-electron chi connectivity index (χ3n) is 4.04. The Hall–Kier alpha value is -2.82. The van der Waals surface area contributed by atoms with Crippen LogP contribution in [0.25, 0.3) is 0 Å². The molecule has 2 N–H and O–H groups in total. The Morgan fingerprint density at radius 1 is 1.04 bits per heavy atom. The molecule has 2 aromatic carbocycles. The van der Waals surface area contributed by atoms with Crippen LogP contribution in [0.2, 0.25) is 0 Å². The molecule has 2 rings (SSSR count). The number of benzene rings is 2. The molecular weight excluding hydrogens is 328 g/mol.